The van der Waals surface area contributed by atoms with Crippen LogP contribution in [0, 0.1) is 6.92 Å². The lowest BCUT2D eigenvalue weighted by Gasteiger charge is -2.31. The Kier molecular flexibility index (Phi) is 9.53. The van der Waals surface area contributed by atoms with Crippen LogP contribution in [0.3, 0.4) is 0 Å². The van der Waals surface area contributed by atoms with Crippen molar-refractivity contribution in [3.05, 3.63) is 101 Å². The summed E-state index contributed by atoms with van der Waals surface area (Å²) < 4.78 is 5.74. The van der Waals surface area contributed by atoms with Gasteiger partial charge in [-0.05, 0) is 48.7 Å². The van der Waals surface area contributed by atoms with Crippen molar-refractivity contribution >= 4 is 23.4 Å². The first kappa shape index (κ1) is 25.3. The van der Waals surface area contributed by atoms with E-state index in [-0.39, 0.29) is 18.2 Å². The minimum absolute atomic E-state index is 0.0780. The predicted molar refractivity (Wildman–Crippen MR) is 136 cm³/mol. The number of carbonyl (C=O) groups excluding carboxylic acids is 2. The number of benzene rings is 3. The molecule has 2 amide bonds. The third kappa shape index (κ3) is 7.63. The van der Waals surface area contributed by atoms with Crippen molar-refractivity contribution in [1.82, 2.24) is 10.2 Å². The fourth-order valence-electron chi connectivity index (χ4n) is 3.82. The van der Waals surface area contributed by atoms with Gasteiger partial charge in [-0.3, -0.25) is 9.59 Å². The maximum atomic E-state index is 13.4. The molecule has 0 aliphatic carbocycles. The summed E-state index contributed by atoms with van der Waals surface area (Å²) in [7, 11) is 1.61. The van der Waals surface area contributed by atoms with Gasteiger partial charge in [-0.25, -0.2) is 0 Å². The van der Waals surface area contributed by atoms with Gasteiger partial charge in [0.1, 0.15) is 11.8 Å². The van der Waals surface area contributed by atoms with Gasteiger partial charge in [-0.1, -0.05) is 71.8 Å². The second kappa shape index (κ2) is 12.8. The van der Waals surface area contributed by atoms with E-state index in [4.69, 9.17) is 16.3 Å². The van der Waals surface area contributed by atoms with Crippen molar-refractivity contribution in [3.63, 3.8) is 0 Å². The van der Waals surface area contributed by atoms with Crippen LogP contribution in [0.15, 0.2) is 78.9 Å². The molecule has 0 saturated carbocycles. The summed E-state index contributed by atoms with van der Waals surface area (Å²) in [6.45, 7) is 2.78. The summed E-state index contributed by atoms with van der Waals surface area (Å²) in [5, 5.41) is 3.39. The van der Waals surface area contributed by atoms with Gasteiger partial charge in [0, 0.05) is 31.5 Å². The molecule has 3 aromatic rings. The summed E-state index contributed by atoms with van der Waals surface area (Å²) in [6, 6.07) is 24.3. The molecule has 0 heterocycles. The third-order valence-electron chi connectivity index (χ3n) is 5.57. The Bertz CT molecular complexity index is 1070. The molecule has 6 heteroatoms. The van der Waals surface area contributed by atoms with Crippen molar-refractivity contribution in [2.45, 2.75) is 38.8 Å². The highest BCUT2D eigenvalue weighted by Gasteiger charge is 2.29. The molecule has 0 unspecified atom stereocenters. The molecule has 178 valence electrons. The molecule has 0 radical (unpaired) electrons. The van der Waals surface area contributed by atoms with Crippen LogP contribution in [-0.4, -0.2) is 36.4 Å². The number of nitrogens with one attached hydrogen (secondary N) is 1. The Morgan fingerprint density at radius 1 is 0.971 bits per heavy atom. The summed E-state index contributed by atoms with van der Waals surface area (Å²) in [5.74, 6) is 0.453. The number of amides is 2. The normalized spacial score (nSPS) is 11.5. The van der Waals surface area contributed by atoms with Crippen LogP contribution in [0.1, 0.15) is 29.5 Å². The number of nitrogens with zero attached hydrogens (tertiary/aromatic N) is 1. The zero-order valence-electron chi connectivity index (χ0n) is 19.7. The molecule has 0 saturated heterocycles. The quantitative estimate of drug-likeness (QED) is 0.386. The minimum Gasteiger partial charge on any atom is -0.494 e. The van der Waals surface area contributed by atoms with Crippen LogP contribution in [0.4, 0.5) is 0 Å². The van der Waals surface area contributed by atoms with E-state index in [2.05, 4.69) is 5.32 Å². The van der Waals surface area contributed by atoms with Crippen LogP contribution in [0.25, 0.3) is 0 Å². The van der Waals surface area contributed by atoms with Gasteiger partial charge in [-0.15, -0.1) is 0 Å². The molecule has 1 N–H and O–H groups in total. The zero-order chi connectivity index (χ0) is 24.3. The Morgan fingerprint density at radius 3 is 2.35 bits per heavy atom. The van der Waals surface area contributed by atoms with E-state index in [9.17, 15) is 9.59 Å². The predicted octanol–water partition coefficient (Wildman–Crippen LogP) is 5.19. The highest BCUT2D eigenvalue weighted by molar-refractivity contribution is 6.30. The Hall–Kier alpha value is -3.31. The van der Waals surface area contributed by atoms with E-state index in [1.54, 1.807) is 36.2 Å². The SMILES string of the molecule is CNC(=O)[C@@H](Cc1ccccc1)N(Cc1cccc(C)c1)C(=O)CCCOc1ccc(Cl)cc1. The van der Waals surface area contributed by atoms with Crippen molar-refractivity contribution < 1.29 is 14.3 Å². The molecule has 0 aliphatic rings. The van der Waals surface area contributed by atoms with Gasteiger partial charge in [0.2, 0.25) is 11.8 Å². The lowest BCUT2D eigenvalue weighted by Crippen LogP contribution is -2.49. The summed E-state index contributed by atoms with van der Waals surface area (Å²) >= 11 is 5.91. The standard InChI is InChI=1S/C28H31ClN2O3/c1-21-8-6-11-23(18-21)20-31(26(28(33)30-2)19-22-9-4-3-5-10-22)27(32)12-7-17-34-25-15-13-24(29)14-16-25/h3-6,8-11,13-16,18,26H,7,12,17,19-20H2,1-2H3,(H,30,33)/t26-/m1/s1. The lowest BCUT2D eigenvalue weighted by atomic mass is 10.0. The molecule has 1 atom stereocenters. The van der Waals surface area contributed by atoms with Gasteiger partial charge >= 0.3 is 0 Å². The molecule has 0 spiro atoms. The van der Waals surface area contributed by atoms with Crippen LogP contribution in [0.2, 0.25) is 5.02 Å². The minimum atomic E-state index is -0.613. The molecule has 5 nitrogen and oxygen atoms in total. The average Bonchev–Trinajstić information content (AvgIpc) is 2.85. The van der Waals surface area contributed by atoms with Gasteiger partial charge < -0.3 is 15.0 Å². The van der Waals surface area contributed by atoms with E-state index in [0.29, 0.717) is 36.8 Å². The highest BCUT2D eigenvalue weighted by Crippen LogP contribution is 2.18. The number of ether oxygens (including phenoxy) is 1. The number of halogens is 1. The Labute approximate surface area is 206 Å². The number of hydrogen-bond acceptors (Lipinski definition) is 3. The van der Waals surface area contributed by atoms with Gasteiger partial charge in [0.05, 0.1) is 6.61 Å². The fourth-order valence-corrected chi connectivity index (χ4v) is 3.94. The molecular formula is C28H31ClN2O3. The molecule has 3 aromatic carbocycles. The maximum Gasteiger partial charge on any atom is 0.242 e. The van der Waals surface area contributed by atoms with E-state index in [1.807, 2.05) is 61.5 Å². The van der Waals surface area contributed by atoms with Gasteiger partial charge in [-0.2, -0.15) is 0 Å². The topological polar surface area (TPSA) is 58.6 Å². The summed E-state index contributed by atoms with van der Waals surface area (Å²) in [6.07, 6.45) is 1.26. The first-order chi connectivity index (χ1) is 16.5. The average molecular weight is 479 g/mol. The molecular weight excluding hydrogens is 448 g/mol. The van der Waals surface area contributed by atoms with E-state index in [1.165, 1.54) is 0 Å². The molecule has 0 aliphatic heterocycles. The largest absolute Gasteiger partial charge is 0.494 e. The molecule has 3 rings (SSSR count). The zero-order valence-corrected chi connectivity index (χ0v) is 20.4. The lowest BCUT2D eigenvalue weighted by molar-refractivity contribution is -0.141. The smallest absolute Gasteiger partial charge is 0.242 e. The second-order valence-electron chi connectivity index (χ2n) is 8.24. The first-order valence-corrected chi connectivity index (χ1v) is 11.8. The molecule has 0 aromatic heterocycles. The first-order valence-electron chi connectivity index (χ1n) is 11.4. The third-order valence-corrected chi connectivity index (χ3v) is 5.82. The number of hydrogen-bond donors (Lipinski definition) is 1. The second-order valence-corrected chi connectivity index (χ2v) is 8.67. The maximum absolute atomic E-state index is 13.4. The Balaban J connectivity index is 1.74. The monoisotopic (exact) mass is 478 g/mol. The highest BCUT2D eigenvalue weighted by atomic mass is 35.5. The number of carbonyl (C=O) groups is 2. The Morgan fingerprint density at radius 2 is 1.68 bits per heavy atom. The van der Waals surface area contributed by atoms with Crippen molar-refractivity contribution in [2.24, 2.45) is 0 Å². The summed E-state index contributed by atoms with van der Waals surface area (Å²) in [4.78, 5) is 28.0. The number of rotatable bonds is 11. The van der Waals surface area contributed by atoms with E-state index in [0.717, 1.165) is 16.7 Å². The van der Waals surface area contributed by atoms with Gasteiger partial charge in [0.25, 0.3) is 0 Å². The van der Waals surface area contributed by atoms with Crippen molar-refractivity contribution in [2.75, 3.05) is 13.7 Å². The van der Waals surface area contributed by atoms with E-state index < -0.39 is 6.04 Å². The molecule has 34 heavy (non-hydrogen) atoms. The van der Waals surface area contributed by atoms with Gasteiger partial charge in [0.15, 0.2) is 0 Å². The summed E-state index contributed by atoms with van der Waals surface area (Å²) in [5.41, 5.74) is 3.11. The molecule has 0 fully saturated rings. The van der Waals surface area contributed by atoms with Crippen LogP contribution in [0.5, 0.6) is 5.75 Å². The number of aryl methyl sites for hydroxylation is 1. The molecule has 0 bridgehead atoms. The fraction of sp³-hybridized carbons (Fsp3) is 0.286. The number of likely N-dealkylation sites (N-methyl/N-ethyl adjacent to an activating group) is 1. The van der Waals surface area contributed by atoms with Crippen LogP contribution in [-0.2, 0) is 22.6 Å². The van der Waals surface area contributed by atoms with E-state index >= 15 is 0 Å². The van der Waals surface area contributed by atoms with Crippen molar-refractivity contribution in [1.29, 1.82) is 0 Å². The van der Waals surface area contributed by atoms with Crippen LogP contribution < -0.4 is 10.1 Å². The van der Waals surface area contributed by atoms with Crippen molar-refractivity contribution in [3.8, 4) is 5.75 Å². The van der Waals surface area contributed by atoms with Crippen LogP contribution >= 0.6 is 11.6 Å².